The lowest BCUT2D eigenvalue weighted by atomic mass is 9.93. The molecule has 96 valence electrons. The quantitative estimate of drug-likeness (QED) is 0.893. The SMILES string of the molecule is O=C1CCC[C@@H](N(Cc2ccccc2)C(=O)O)C1. The van der Waals surface area contributed by atoms with Crippen molar-refractivity contribution in [3.8, 4) is 0 Å². The van der Waals surface area contributed by atoms with Gasteiger partial charge in [-0.1, -0.05) is 30.3 Å². The number of carboxylic acid groups (broad SMARTS) is 1. The Labute approximate surface area is 106 Å². The fraction of sp³-hybridized carbons (Fsp3) is 0.429. The summed E-state index contributed by atoms with van der Waals surface area (Å²) in [6, 6.07) is 9.33. The molecule has 1 fully saturated rings. The highest BCUT2D eigenvalue weighted by Gasteiger charge is 2.28. The Kier molecular flexibility index (Phi) is 3.97. The molecule has 1 amide bonds. The van der Waals surface area contributed by atoms with Gasteiger partial charge in [0.15, 0.2) is 0 Å². The average molecular weight is 247 g/mol. The standard InChI is InChI=1S/C14H17NO3/c16-13-8-4-7-12(9-13)15(14(17)18)10-11-5-2-1-3-6-11/h1-3,5-6,12H,4,7-10H2,(H,17,18)/t12-/m1/s1. The number of carbonyl (C=O) groups excluding carboxylic acids is 1. The number of hydrogen-bond donors (Lipinski definition) is 1. The van der Waals surface area contributed by atoms with Gasteiger partial charge in [0.25, 0.3) is 0 Å². The van der Waals surface area contributed by atoms with Crippen LogP contribution >= 0.6 is 0 Å². The van der Waals surface area contributed by atoms with Crippen LogP contribution in [0.2, 0.25) is 0 Å². The molecule has 0 bridgehead atoms. The topological polar surface area (TPSA) is 57.6 Å². The van der Waals surface area contributed by atoms with E-state index in [0.717, 1.165) is 18.4 Å². The van der Waals surface area contributed by atoms with Gasteiger partial charge in [-0.2, -0.15) is 0 Å². The first kappa shape index (κ1) is 12.6. The maximum Gasteiger partial charge on any atom is 0.407 e. The molecule has 4 heteroatoms. The maximum atomic E-state index is 11.4. The van der Waals surface area contributed by atoms with Crippen LogP contribution in [0.5, 0.6) is 0 Å². The lowest BCUT2D eigenvalue weighted by molar-refractivity contribution is -0.121. The molecule has 1 atom stereocenters. The lowest BCUT2D eigenvalue weighted by Crippen LogP contribution is -2.41. The first-order chi connectivity index (χ1) is 8.66. The number of amides is 1. The molecule has 4 nitrogen and oxygen atoms in total. The van der Waals surface area contributed by atoms with E-state index in [1.54, 1.807) is 0 Å². The van der Waals surface area contributed by atoms with Crippen molar-refractivity contribution in [1.82, 2.24) is 4.90 Å². The van der Waals surface area contributed by atoms with Crippen molar-refractivity contribution in [2.24, 2.45) is 0 Å². The molecule has 18 heavy (non-hydrogen) atoms. The van der Waals surface area contributed by atoms with Crippen LogP contribution in [0.15, 0.2) is 30.3 Å². The average Bonchev–Trinajstić information content (AvgIpc) is 2.37. The summed E-state index contributed by atoms with van der Waals surface area (Å²) in [5.74, 6) is 0.172. The second-order valence-electron chi connectivity index (χ2n) is 4.68. The summed E-state index contributed by atoms with van der Waals surface area (Å²) in [6.07, 6.45) is 1.58. The Morgan fingerprint density at radius 3 is 2.67 bits per heavy atom. The Morgan fingerprint density at radius 1 is 1.33 bits per heavy atom. The summed E-state index contributed by atoms with van der Waals surface area (Å²) < 4.78 is 0. The molecule has 1 aromatic carbocycles. The first-order valence-electron chi connectivity index (χ1n) is 6.22. The van der Waals surface area contributed by atoms with Gasteiger partial charge < -0.3 is 10.0 Å². The predicted molar refractivity (Wildman–Crippen MR) is 67.3 cm³/mol. The van der Waals surface area contributed by atoms with Crippen LogP contribution < -0.4 is 0 Å². The third kappa shape index (κ3) is 3.09. The summed E-state index contributed by atoms with van der Waals surface area (Å²) in [7, 11) is 0. The van der Waals surface area contributed by atoms with E-state index in [2.05, 4.69) is 0 Å². The molecule has 0 unspecified atom stereocenters. The zero-order valence-corrected chi connectivity index (χ0v) is 10.2. The van der Waals surface area contributed by atoms with E-state index in [1.165, 1.54) is 4.90 Å². The van der Waals surface area contributed by atoms with E-state index >= 15 is 0 Å². The minimum Gasteiger partial charge on any atom is -0.465 e. The van der Waals surface area contributed by atoms with Gasteiger partial charge in [-0.3, -0.25) is 4.79 Å². The summed E-state index contributed by atoms with van der Waals surface area (Å²) in [5, 5.41) is 9.29. The zero-order chi connectivity index (χ0) is 13.0. The van der Waals surface area contributed by atoms with Crippen LogP contribution in [0.1, 0.15) is 31.2 Å². The van der Waals surface area contributed by atoms with Gasteiger partial charge in [0.2, 0.25) is 0 Å². The van der Waals surface area contributed by atoms with Crippen LogP contribution in [-0.4, -0.2) is 27.9 Å². The third-order valence-electron chi connectivity index (χ3n) is 3.34. The molecule has 2 rings (SSSR count). The van der Waals surface area contributed by atoms with E-state index in [0.29, 0.717) is 19.4 Å². The van der Waals surface area contributed by atoms with Crippen LogP contribution in [0, 0.1) is 0 Å². The van der Waals surface area contributed by atoms with Gasteiger partial charge in [0.1, 0.15) is 5.78 Å². The van der Waals surface area contributed by atoms with Crippen molar-refractivity contribution < 1.29 is 14.7 Å². The number of benzene rings is 1. The van der Waals surface area contributed by atoms with Gasteiger partial charge in [-0.15, -0.1) is 0 Å². The van der Waals surface area contributed by atoms with Gasteiger partial charge in [-0.25, -0.2) is 4.79 Å². The number of rotatable bonds is 3. The molecule has 0 aliphatic heterocycles. The second kappa shape index (κ2) is 5.67. The molecule has 0 saturated heterocycles. The minimum atomic E-state index is -0.946. The van der Waals surface area contributed by atoms with E-state index < -0.39 is 6.09 Å². The monoisotopic (exact) mass is 247 g/mol. The number of nitrogens with zero attached hydrogens (tertiary/aromatic N) is 1. The zero-order valence-electron chi connectivity index (χ0n) is 10.2. The van der Waals surface area contributed by atoms with Crippen LogP contribution in [-0.2, 0) is 11.3 Å². The molecule has 1 N–H and O–H groups in total. The third-order valence-corrected chi connectivity index (χ3v) is 3.34. The van der Waals surface area contributed by atoms with E-state index in [1.807, 2.05) is 30.3 Å². The minimum absolute atomic E-state index is 0.163. The summed E-state index contributed by atoms with van der Waals surface area (Å²) in [6.45, 7) is 0.355. The van der Waals surface area contributed by atoms with Gasteiger partial charge in [0, 0.05) is 25.4 Å². The van der Waals surface area contributed by atoms with E-state index in [9.17, 15) is 14.7 Å². The molecule has 1 aliphatic rings. The first-order valence-corrected chi connectivity index (χ1v) is 6.22. The summed E-state index contributed by atoms with van der Waals surface area (Å²) >= 11 is 0. The molecule has 1 saturated carbocycles. The maximum absolute atomic E-state index is 11.4. The van der Waals surface area contributed by atoms with Crippen molar-refractivity contribution in [3.63, 3.8) is 0 Å². The highest BCUT2D eigenvalue weighted by molar-refractivity contribution is 5.80. The molecule has 0 heterocycles. The van der Waals surface area contributed by atoms with E-state index in [-0.39, 0.29) is 11.8 Å². The van der Waals surface area contributed by atoms with E-state index in [4.69, 9.17) is 0 Å². The van der Waals surface area contributed by atoms with Crippen molar-refractivity contribution >= 4 is 11.9 Å². The summed E-state index contributed by atoms with van der Waals surface area (Å²) in [4.78, 5) is 24.2. The predicted octanol–water partition coefficient (Wildman–Crippen LogP) is 2.68. The molecular formula is C14H17NO3. The van der Waals surface area contributed by atoms with Gasteiger partial charge in [0.05, 0.1) is 0 Å². The van der Waals surface area contributed by atoms with Crippen LogP contribution in [0.4, 0.5) is 4.79 Å². The van der Waals surface area contributed by atoms with Crippen molar-refractivity contribution in [2.45, 2.75) is 38.3 Å². The Hall–Kier alpha value is -1.84. The molecule has 0 radical (unpaired) electrons. The fourth-order valence-electron chi connectivity index (χ4n) is 2.40. The smallest absolute Gasteiger partial charge is 0.407 e. The molecular weight excluding hydrogens is 230 g/mol. The van der Waals surface area contributed by atoms with Crippen molar-refractivity contribution in [3.05, 3.63) is 35.9 Å². The number of Topliss-reactive ketones (excluding diaryl/α,β-unsaturated/α-hetero) is 1. The van der Waals surface area contributed by atoms with Gasteiger partial charge in [-0.05, 0) is 18.4 Å². The summed E-state index contributed by atoms with van der Waals surface area (Å²) in [5.41, 5.74) is 0.956. The number of carbonyl (C=O) groups is 2. The number of ketones is 1. The second-order valence-corrected chi connectivity index (χ2v) is 4.68. The largest absolute Gasteiger partial charge is 0.465 e. The highest BCUT2D eigenvalue weighted by atomic mass is 16.4. The molecule has 1 aliphatic carbocycles. The Morgan fingerprint density at radius 2 is 2.06 bits per heavy atom. The van der Waals surface area contributed by atoms with Crippen molar-refractivity contribution in [2.75, 3.05) is 0 Å². The fourth-order valence-corrected chi connectivity index (χ4v) is 2.40. The highest BCUT2D eigenvalue weighted by Crippen LogP contribution is 2.22. The van der Waals surface area contributed by atoms with Crippen LogP contribution in [0.3, 0.4) is 0 Å². The Bertz CT molecular complexity index is 430. The number of hydrogen-bond acceptors (Lipinski definition) is 2. The molecule has 0 spiro atoms. The Balaban J connectivity index is 2.08. The molecule has 0 aromatic heterocycles. The van der Waals surface area contributed by atoms with Gasteiger partial charge >= 0.3 is 6.09 Å². The molecule has 1 aromatic rings. The van der Waals surface area contributed by atoms with Crippen LogP contribution in [0.25, 0.3) is 0 Å². The normalized spacial score (nSPS) is 19.6. The lowest BCUT2D eigenvalue weighted by Gasteiger charge is -2.31. The van der Waals surface area contributed by atoms with Crippen molar-refractivity contribution in [1.29, 1.82) is 0 Å².